The molecule has 1 aliphatic rings. The van der Waals surface area contributed by atoms with Crippen LogP contribution >= 0.6 is 0 Å². The third-order valence-corrected chi connectivity index (χ3v) is 6.42. The van der Waals surface area contributed by atoms with E-state index >= 15 is 0 Å². The number of benzene rings is 3. The molecule has 0 aliphatic heterocycles. The van der Waals surface area contributed by atoms with Crippen LogP contribution in [0.25, 0.3) is 10.8 Å². The Morgan fingerprint density at radius 3 is 2.42 bits per heavy atom. The second-order valence-electron chi connectivity index (χ2n) is 4.99. The second-order valence-corrected chi connectivity index (χ2v) is 7.66. The molecule has 1 atom stereocenters. The van der Waals surface area contributed by atoms with Gasteiger partial charge in [0.15, 0.2) is 0 Å². The van der Waals surface area contributed by atoms with Crippen LogP contribution in [0.2, 0.25) is 0 Å². The summed E-state index contributed by atoms with van der Waals surface area (Å²) in [6, 6.07) is 24.4. The first-order valence-electron chi connectivity index (χ1n) is 6.64. The van der Waals surface area contributed by atoms with Gasteiger partial charge >= 0.3 is 119 Å². The van der Waals surface area contributed by atoms with Crippen LogP contribution in [0.4, 0.5) is 0 Å². The molecule has 0 saturated heterocycles. The molecule has 0 spiro atoms. The van der Waals surface area contributed by atoms with Crippen LogP contribution in [0.15, 0.2) is 66.7 Å². The molecule has 0 nitrogen and oxygen atoms in total. The van der Waals surface area contributed by atoms with Crippen LogP contribution in [0, 0.1) is 0 Å². The summed E-state index contributed by atoms with van der Waals surface area (Å²) in [5, 5.41) is 2.93. The molecule has 0 saturated carbocycles. The normalized spacial score (nSPS) is 16.9. The average Bonchev–Trinajstić information content (AvgIpc) is 2.81. The standard InChI is InChI=1S/C18H14Se/c1-2-9-15(10-3-1)19-17-12-14-8-4-6-13-7-5-11-16(17)18(13)14/h1-11,17H,12H2. The maximum absolute atomic E-state index is 2.33. The molecule has 0 amide bonds. The Balaban J connectivity index is 1.77. The molecule has 0 heterocycles. The Hall–Kier alpha value is -1.56. The topological polar surface area (TPSA) is 0 Å². The third-order valence-electron chi connectivity index (χ3n) is 3.80. The Morgan fingerprint density at radius 2 is 1.58 bits per heavy atom. The SMILES string of the molecule is c1ccc([Se]C2Cc3cccc4cccc2c34)cc1. The Labute approximate surface area is 119 Å². The van der Waals surface area contributed by atoms with Gasteiger partial charge in [0, 0.05) is 0 Å². The molecule has 4 rings (SSSR count). The van der Waals surface area contributed by atoms with Gasteiger partial charge in [0.25, 0.3) is 0 Å². The van der Waals surface area contributed by atoms with E-state index in [-0.39, 0.29) is 0 Å². The monoisotopic (exact) mass is 310 g/mol. The zero-order valence-electron chi connectivity index (χ0n) is 10.5. The molecular weight excluding hydrogens is 295 g/mol. The predicted octanol–water partition coefficient (Wildman–Crippen LogP) is 3.47. The van der Waals surface area contributed by atoms with Gasteiger partial charge in [-0.15, -0.1) is 0 Å². The van der Waals surface area contributed by atoms with E-state index in [9.17, 15) is 0 Å². The Morgan fingerprint density at radius 1 is 0.789 bits per heavy atom. The zero-order chi connectivity index (χ0) is 12.7. The van der Waals surface area contributed by atoms with Crippen molar-refractivity contribution in [2.45, 2.75) is 11.2 Å². The molecule has 0 bridgehead atoms. The van der Waals surface area contributed by atoms with E-state index < -0.39 is 0 Å². The minimum atomic E-state index is 0.522. The van der Waals surface area contributed by atoms with E-state index in [2.05, 4.69) is 66.7 Å². The fraction of sp³-hybridized carbons (Fsp3) is 0.111. The van der Waals surface area contributed by atoms with Crippen LogP contribution in [-0.2, 0) is 6.42 Å². The molecule has 1 unspecified atom stereocenters. The van der Waals surface area contributed by atoms with Gasteiger partial charge in [0.05, 0.1) is 0 Å². The van der Waals surface area contributed by atoms with Crippen molar-refractivity contribution in [3.05, 3.63) is 77.9 Å². The van der Waals surface area contributed by atoms with Crippen LogP contribution < -0.4 is 4.46 Å². The van der Waals surface area contributed by atoms with Gasteiger partial charge in [-0.1, -0.05) is 0 Å². The first-order chi connectivity index (χ1) is 9.42. The van der Waals surface area contributed by atoms with Gasteiger partial charge in [-0.25, -0.2) is 0 Å². The van der Waals surface area contributed by atoms with Crippen molar-refractivity contribution in [3.63, 3.8) is 0 Å². The van der Waals surface area contributed by atoms with E-state index in [1.807, 2.05) is 0 Å². The van der Waals surface area contributed by atoms with E-state index in [1.54, 1.807) is 5.56 Å². The minimum absolute atomic E-state index is 0.522. The van der Waals surface area contributed by atoms with Crippen LogP contribution in [0.1, 0.15) is 15.9 Å². The molecule has 3 aromatic carbocycles. The van der Waals surface area contributed by atoms with Crippen molar-refractivity contribution in [2.24, 2.45) is 0 Å². The van der Waals surface area contributed by atoms with Crippen LogP contribution in [0.5, 0.6) is 0 Å². The van der Waals surface area contributed by atoms with Gasteiger partial charge in [-0.3, -0.25) is 0 Å². The first kappa shape index (κ1) is 11.3. The summed E-state index contributed by atoms with van der Waals surface area (Å²) < 4.78 is 1.50. The van der Waals surface area contributed by atoms with Gasteiger partial charge in [0.2, 0.25) is 0 Å². The summed E-state index contributed by atoms with van der Waals surface area (Å²) >= 11 is 0.522. The summed E-state index contributed by atoms with van der Waals surface area (Å²) in [4.78, 5) is 0.705. The average molecular weight is 309 g/mol. The van der Waals surface area contributed by atoms with Gasteiger partial charge in [0.1, 0.15) is 0 Å². The van der Waals surface area contributed by atoms with Crippen molar-refractivity contribution >= 4 is 30.2 Å². The van der Waals surface area contributed by atoms with Crippen molar-refractivity contribution in [1.29, 1.82) is 0 Å². The van der Waals surface area contributed by atoms with Gasteiger partial charge < -0.3 is 0 Å². The number of rotatable bonds is 2. The summed E-state index contributed by atoms with van der Waals surface area (Å²) in [5.41, 5.74) is 3.10. The van der Waals surface area contributed by atoms with E-state index in [0.717, 1.165) is 0 Å². The van der Waals surface area contributed by atoms with Crippen molar-refractivity contribution in [3.8, 4) is 0 Å². The summed E-state index contributed by atoms with van der Waals surface area (Å²) in [6.07, 6.45) is 1.21. The van der Waals surface area contributed by atoms with Crippen LogP contribution in [-0.4, -0.2) is 15.0 Å². The zero-order valence-corrected chi connectivity index (χ0v) is 12.3. The Kier molecular flexibility index (Phi) is 2.68. The molecule has 92 valence electrons. The molecular formula is C18H14Se. The first-order valence-corrected chi connectivity index (χ1v) is 8.48. The quantitative estimate of drug-likeness (QED) is 0.636. The summed E-state index contributed by atoms with van der Waals surface area (Å²) in [6.45, 7) is 0. The molecule has 1 heteroatoms. The molecule has 1 aliphatic carbocycles. The fourth-order valence-electron chi connectivity index (χ4n) is 2.97. The molecule has 0 N–H and O–H groups in total. The van der Waals surface area contributed by atoms with E-state index in [4.69, 9.17) is 0 Å². The van der Waals surface area contributed by atoms with E-state index in [1.165, 1.54) is 27.2 Å². The Bertz CT molecular complexity index is 726. The van der Waals surface area contributed by atoms with Crippen LogP contribution in [0.3, 0.4) is 0 Å². The number of hydrogen-bond donors (Lipinski definition) is 0. The maximum atomic E-state index is 2.33. The third kappa shape index (κ3) is 1.90. The molecule has 3 aromatic rings. The van der Waals surface area contributed by atoms with Crippen molar-refractivity contribution < 1.29 is 0 Å². The molecule has 0 fully saturated rings. The van der Waals surface area contributed by atoms with Gasteiger partial charge in [-0.05, 0) is 0 Å². The van der Waals surface area contributed by atoms with Crippen molar-refractivity contribution in [2.75, 3.05) is 0 Å². The second kappa shape index (κ2) is 4.52. The van der Waals surface area contributed by atoms with Gasteiger partial charge in [-0.2, -0.15) is 0 Å². The molecule has 19 heavy (non-hydrogen) atoms. The number of hydrogen-bond acceptors (Lipinski definition) is 0. The predicted molar refractivity (Wildman–Crippen MR) is 82.2 cm³/mol. The van der Waals surface area contributed by atoms with Crippen molar-refractivity contribution in [1.82, 2.24) is 0 Å². The summed E-state index contributed by atoms with van der Waals surface area (Å²) in [7, 11) is 0. The molecule has 0 aromatic heterocycles. The van der Waals surface area contributed by atoms with E-state index in [0.29, 0.717) is 19.8 Å². The fourth-order valence-corrected chi connectivity index (χ4v) is 5.55. The molecule has 0 radical (unpaired) electrons. The summed E-state index contributed by atoms with van der Waals surface area (Å²) in [5.74, 6) is 0.